The number of aliphatic hydroxyl groups excluding tert-OH is 1. The fraction of sp³-hybridized carbons (Fsp3) is 0.357. The Morgan fingerprint density at radius 3 is 2.69 bits per heavy atom. The molecule has 0 saturated carbocycles. The van der Waals surface area contributed by atoms with Gasteiger partial charge in [0.1, 0.15) is 46.5 Å². The predicted molar refractivity (Wildman–Crippen MR) is 131 cm³/mol. The van der Waals surface area contributed by atoms with Crippen molar-refractivity contribution in [2.75, 3.05) is 0 Å². The van der Waals surface area contributed by atoms with Crippen molar-refractivity contribution in [2.45, 2.75) is 64.8 Å². The van der Waals surface area contributed by atoms with Gasteiger partial charge >= 0.3 is 5.97 Å². The highest BCUT2D eigenvalue weighted by molar-refractivity contribution is 5.88. The number of carbonyl (C=O) groups excluding carboxylic acids is 1. The molecule has 7 heteroatoms. The van der Waals surface area contributed by atoms with Gasteiger partial charge in [0.2, 0.25) is 0 Å². The van der Waals surface area contributed by atoms with E-state index < -0.39 is 29.7 Å². The predicted octanol–water partition coefficient (Wildman–Crippen LogP) is 4.59. The van der Waals surface area contributed by atoms with E-state index in [1.165, 1.54) is 5.56 Å². The molecule has 2 atom stereocenters. The van der Waals surface area contributed by atoms with Crippen molar-refractivity contribution in [1.29, 1.82) is 0 Å². The van der Waals surface area contributed by atoms with E-state index in [0.29, 0.717) is 23.3 Å². The van der Waals surface area contributed by atoms with Gasteiger partial charge in [-0.1, -0.05) is 36.4 Å². The molecule has 0 bridgehead atoms. The second-order valence-corrected chi connectivity index (χ2v) is 9.13. The summed E-state index contributed by atoms with van der Waals surface area (Å²) in [6.45, 7) is 4.90. The average Bonchev–Trinajstić information content (AvgIpc) is 2.84. The smallest absolute Gasteiger partial charge is 0.333 e. The molecule has 0 spiro atoms. The monoisotopic (exact) mass is 478 g/mol. The summed E-state index contributed by atoms with van der Waals surface area (Å²) in [4.78, 5) is 25.3. The second-order valence-electron chi connectivity index (χ2n) is 9.13. The van der Waals surface area contributed by atoms with Crippen LogP contribution in [0, 0.1) is 0 Å². The van der Waals surface area contributed by atoms with E-state index in [-0.39, 0.29) is 28.9 Å². The van der Waals surface area contributed by atoms with E-state index in [4.69, 9.17) is 13.9 Å². The van der Waals surface area contributed by atoms with Gasteiger partial charge in [-0.05, 0) is 45.6 Å². The minimum atomic E-state index is -0.875. The summed E-state index contributed by atoms with van der Waals surface area (Å²) in [7, 11) is 0. The van der Waals surface area contributed by atoms with Gasteiger partial charge in [-0.25, -0.2) is 4.79 Å². The van der Waals surface area contributed by atoms with Gasteiger partial charge in [-0.2, -0.15) is 0 Å². The van der Waals surface area contributed by atoms with Gasteiger partial charge < -0.3 is 24.1 Å². The summed E-state index contributed by atoms with van der Waals surface area (Å²) in [5, 5.41) is 20.4. The Morgan fingerprint density at radius 2 is 2.00 bits per heavy atom. The summed E-state index contributed by atoms with van der Waals surface area (Å²) in [6.07, 6.45) is 3.40. The maximum atomic E-state index is 12.7. The van der Waals surface area contributed by atoms with Crippen LogP contribution >= 0.6 is 0 Å². The highest BCUT2D eigenvalue weighted by Gasteiger charge is 2.44. The molecular weight excluding hydrogens is 448 g/mol. The van der Waals surface area contributed by atoms with Crippen molar-refractivity contribution in [3.8, 4) is 11.5 Å². The van der Waals surface area contributed by atoms with Crippen LogP contribution in [0.4, 0.5) is 0 Å². The molecule has 1 aliphatic heterocycles. The molecule has 0 unspecified atom stereocenters. The van der Waals surface area contributed by atoms with Gasteiger partial charge in [-0.3, -0.25) is 4.79 Å². The first-order chi connectivity index (χ1) is 16.8. The number of phenolic OH excluding ortho intramolecular Hbond substituents is 1. The third kappa shape index (κ3) is 4.95. The van der Waals surface area contributed by atoms with Gasteiger partial charge in [0, 0.05) is 29.7 Å². The molecule has 7 nitrogen and oxygen atoms in total. The highest BCUT2D eigenvalue weighted by Crippen LogP contribution is 2.44. The summed E-state index contributed by atoms with van der Waals surface area (Å²) in [5.74, 6) is -0.250. The number of allylic oxidation sites excluding steroid dienone is 1. The Morgan fingerprint density at radius 1 is 1.26 bits per heavy atom. The topological polar surface area (TPSA) is 106 Å². The Labute approximate surface area is 203 Å². The molecule has 2 aromatic carbocycles. The molecule has 1 aromatic heterocycles. The molecule has 3 aromatic rings. The summed E-state index contributed by atoms with van der Waals surface area (Å²) >= 11 is 0. The number of aliphatic hydroxyl groups is 1. The van der Waals surface area contributed by atoms with Crippen molar-refractivity contribution in [1.82, 2.24) is 0 Å². The second kappa shape index (κ2) is 9.96. The SMILES string of the molecule is C/C=C(/C)C(=O)O[C@@H]1Cc2c(cc3oc(CO)cc(=O)c3c2O)O[C@@]1(C)CCCc1ccccc1. The fourth-order valence-corrected chi connectivity index (χ4v) is 4.46. The van der Waals surface area contributed by atoms with Crippen LogP contribution in [0.5, 0.6) is 11.5 Å². The van der Waals surface area contributed by atoms with Crippen LogP contribution in [0.15, 0.2) is 63.3 Å². The van der Waals surface area contributed by atoms with E-state index in [0.717, 1.165) is 18.9 Å². The van der Waals surface area contributed by atoms with Crippen LogP contribution < -0.4 is 10.2 Å². The van der Waals surface area contributed by atoms with E-state index >= 15 is 0 Å². The number of aromatic hydroxyl groups is 1. The molecule has 0 fully saturated rings. The van der Waals surface area contributed by atoms with E-state index in [2.05, 4.69) is 12.1 Å². The first-order valence-electron chi connectivity index (χ1n) is 11.7. The molecular formula is C28H30O7. The number of aryl methyl sites for hydroxylation is 1. The Bertz CT molecular complexity index is 1320. The number of rotatable bonds is 7. The zero-order chi connectivity index (χ0) is 25.2. The molecule has 0 aliphatic carbocycles. The number of ether oxygens (including phenoxy) is 2. The van der Waals surface area contributed by atoms with Crippen LogP contribution in [-0.2, 0) is 29.0 Å². The van der Waals surface area contributed by atoms with Crippen molar-refractivity contribution in [2.24, 2.45) is 0 Å². The molecule has 184 valence electrons. The average molecular weight is 479 g/mol. The first-order valence-corrected chi connectivity index (χ1v) is 11.7. The number of phenols is 1. The molecule has 2 N–H and O–H groups in total. The molecule has 0 saturated heterocycles. The van der Waals surface area contributed by atoms with Crippen molar-refractivity contribution >= 4 is 16.9 Å². The third-order valence-electron chi connectivity index (χ3n) is 6.66. The number of hydrogen-bond donors (Lipinski definition) is 2. The zero-order valence-corrected chi connectivity index (χ0v) is 20.2. The molecule has 0 radical (unpaired) electrons. The summed E-state index contributed by atoms with van der Waals surface area (Å²) in [5.41, 5.74) is 0.850. The molecule has 0 amide bonds. The molecule has 1 aliphatic rings. The van der Waals surface area contributed by atoms with Crippen molar-refractivity contribution < 1.29 is 28.9 Å². The lowest BCUT2D eigenvalue weighted by atomic mass is 9.84. The van der Waals surface area contributed by atoms with E-state index in [1.54, 1.807) is 26.0 Å². The lowest BCUT2D eigenvalue weighted by Gasteiger charge is -2.42. The minimum Gasteiger partial charge on any atom is -0.507 e. The van der Waals surface area contributed by atoms with Crippen LogP contribution in [0.2, 0.25) is 0 Å². The largest absolute Gasteiger partial charge is 0.507 e. The van der Waals surface area contributed by atoms with E-state index in [1.807, 2.05) is 25.1 Å². The number of carbonyl (C=O) groups is 1. The number of benzene rings is 2. The van der Waals surface area contributed by atoms with E-state index in [9.17, 15) is 19.8 Å². The summed E-state index contributed by atoms with van der Waals surface area (Å²) < 4.78 is 17.9. The first kappa shape index (κ1) is 24.5. The summed E-state index contributed by atoms with van der Waals surface area (Å²) in [6, 6.07) is 12.8. The van der Waals surface area contributed by atoms with Gasteiger partial charge in [0.15, 0.2) is 5.43 Å². The maximum absolute atomic E-state index is 12.7. The molecule has 35 heavy (non-hydrogen) atoms. The van der Waals surface area contributed by atoms with Crippen LogP contribution in [0.3, 0.4) is 0 Å². The lowest BCUT2D eigenvalue weighted by Crippen LogP contribution is -2.51. The van der Waals surface area contributed by atoms with Crippen LogP contribution in [-0.4, -0.2) is 27.9 Å². The van der Waals surface area contributed by atoms with Crippen LogP contribution in [0.25, 0.3) is 11.0 Å². The number of fused-ring (bicyclic) bond motifs is 2. The van der Waals surface area contributed by atoms with Gasteiger partial charge in [-0.15, -0.1) is 0 Å². The zero-order valence-electron chi connectivity index (χ0n) is 20.2. The lowest BCUT2D eigenvalue weighted by molar-refractivity contribution is -0.159. The van der Waals surface area contributed by atoms with Crippen LogP contribution in [0.1, 0.15) is 50.5 Å². The quantitative estimate of drug-likeness (QED) is 0.378. The van der Waals surface area contributed by atoms with Gasteiger partial charge in [0.25, 0.3) is 0 Å². The van der Waals surface area contributed by atoms with Gasteiger partial charge in [0.05, 0.1) is 0 Å². The highest BCUT2D eigenvalue weighted by atomic mass is 16.6. The number of hydrogen-bond acceptors (Lipinski definition) is 7. The molecule has 4 rings (SSSR count). The standard InChI is InChI=1S/C28H30O7/c1-4-17(2)27(32)34-24-14-20-22(15-23-25(26(20)31)21(30)13-19(16-29)33-23)35-28(24,3)12-8-11-18-9-6-5-7-10-18/h4-7,9-10,13,15,24,29,31H,8,11-12,14,16H2,1-3H3/b17-4-/t24-,28+/m1/s1. The minimum absolute atomic E-state index is 0.00643. The van der Waals surface area contributed by atoms with Crippen molar-refractivity contribution in [3.63, 3.8) is 0 Å². The Kier molecular flexibility index (Phi) is 6.98. The molecule has 2 heterocycles. The Balaban J connectivity index is 1.71. The Hall–Kier alpha value is -3.58. The third-order valence-corrected chi connectivity index (χ3v) is 6.66. The maximum Gasteiger partial charge on any atom is 0.333 e. The van der Waals surface area contributed by atoms with Crippen molar-refractivity contribution in [3.05, 3.63) is 81.2 Å². The number of esters is 1. The normalized spacial score (nSPS) is 19.8. The fourth-order valence-electron chi connectivity index (χ4n) is 4.46.